The molecular formula is C13H12N4O2. The van der Waals surface area contributed by atoms with Gasteiger partial charge in [0.2, 0.25) is 0 Å². The third-order valence-corrected chi connectivity index (χ3v) is 2.94. The average Bonchev–Trinajstić information content (AvgIpc) is 3.00. The van der Waals surface area contributed by atoms with E-state index >= 15 is 0 Å². The molecule has 0 saturated carbocycles. The number of carbonyl (C=O) groups excluding carboxylic acids is 1. The Kier molecular flexibility index (Phi) is 2.49. The first kappa shape index (κ1) is 11.3. The predicted octanol–water partition coefficient (Wildman–Crippen LogP) is 1.76. The number of hydrogen-bond donors (Lipinski definition) is 3. The van der Waals surface area contributed by atoms with Crippen LogP contribution in [0.3, 0.4) is 0 Å². The molecule has 0 fully saturated rings. The predicted molar refractivity (Wildman–Crippen MR) is 71.6 cm³/mol. The van der Waals surface area contributed by atoms with Crippen molar-refractivity contribution in [3.63, 3.8) is 0 Å². The number of nitrogens with two attached hydrogens (primary N) is 1. The topological polar surface area (TPSA) is 96.9 Å². The molecule has 0 radical (unpaired) electrons. The van der Waals surface area contributed by atoms with Crippen molar-refractivity contribution in [1.82, 2.24) is 15.3 Å². The molecule has 1 aromatic carbocycles. The number of carbonyl (C=O) groups is 1. The lowest BCUT2D eigenvalue weighted by Crippen LogP contribution is -2.19. The van der Waals surface area contributed by atoms with Crippen molar-refractivity contribution in [3.05, 3.63) is 36.2 Å². The van der Waals surface area contributed by atoms with Gasteiger partial charge in [-0.15, -0.1) is 0 Å². The number of aromatic amines is 1. The van der Waals surface area contributed by atoms with Crippen molar-refractivity contribution >= 4 is 22.8 Å². The minimum Gasteiger partial charge on any atom is -0.432 e. The summed E-state index contributed by atoms with van der Waals surface area (Å²) in [5.74, 6) is -0.215. The van der Waals surface area contributed by atoms with Gasteiger partial charge in [-0.2, -0.15) is 4.98 Å². The van der Waals surface area contributed by atoms with E-state index in [0.717, 1.165) is 10.9 Å². The van der Waals surface area contributed by atoms with Gasteiger partial charge in [0, 0.05) is 23.5 Å². The molecular weight excluding hydrogens is 244 g/mol. The second kappa shape index (κ2) is 4.16. The Morgan fingerprint density at radius 2 is 2.21 bits per heavy atom. The highest BCUT2D eigenvalue weighted by Crippen LogP contribution is 2.32. The Morgan fingerprint density at radius 3 is 2.89 bits per heavy atom. The van der Waals surface area contributed by atoms with E-state index in [1.165, 1.54) is 6.26 Å². The fourth-order valence-corrected chi connectivity index (χ4v) is 2.11. The zero-order valence-electron chi connectivity index (χ0n) is 10.2. The van der Waals surface area contributed by atoms with E-state index < -0.39 is 0 Å². The zero-order valence-corrected chi connectivity index (χ0v) is 10.2. The van der Waals surface area contributed by atoms with E-state index in [9.17, 15) is 4.79 Å². The Hall–Kier alpha value is -2.76. The molecule has 0 unspecified atom stereocenters. The van der Waals surface area contributed by atoms with E-state index in [-0.39, 0.29) is 11.9 Å². The van der Waals surface area contributed by atoms with Gasteiger partial charge in [0.05, 0.1) is 0 Å². The van der Waals surface area contributed by atoms with E-state index in [0.29, 0.717) is 17.0 Å². The quantitative estimate of drug-likeness (QED) is 0.650. The van der Waals surface area contributed by atoms with Crippen LogP contribution in [0.5, 0.6) is 0 Å². The van der Waals surface area contributed by atoms with E-state index in [4.69, 9.17) is 10.2 Å². The maximum Gasteiger partial charge on any atom is 0.292 e. The lowest BCUT2D eigenvalue weighted by molar-refractivity contribution is 0.0959. The Balaban J connectivity index is 2.33. The molecule has 96 valence electrons. The van der Waals surface area contributed by atoms with E-state index in [1.54, 1.807) is 7.05 Å². The fraction of sp³-hybridized carbons (Fsp3) is 0.0769. The van der Waals surface area contributed by atoms with Gasteiger partial charge in [-0.1, -0.05) is 18.2 Å². The first-order chi connectivity index (χ1) is 9.20. The third kappa shape index (κ3) is 1.74. The van der Waals surface area contributed by atoms with Crippen molar-refractivity contribution in [1.29, 1.82) is 0 Å². The first-order valence-electron chi connectivity index (χ1n) is 5.75. The number of nitrogens with zero attached hydrogens (tertiary/aromatic N) is 1. The van der Waals surface area contributed by atoms with Crippen molar-refractivity contribution in [2.24, 2.45) is 0 Å². The van der Waals surface area contributed by atoms with Crippen LogP contribution in [0.4, 0.5) is 6.01 Å². The summed E-state index contributed by atoms with van der Waals surface area (Å²) in [7, 11) is 1.58. The molecule has 0 saturated heterocycles. The van der Waals surface area contributed by atoms with Crippen LogP contribution in [0, 0.1) is 0 Å². The lowest BCUT2D eigenvalue weighted by Gasteiger charge is -1.99. The van der Waals surface area contributed by atoms with Crippen LogP contribution < -0.4 is 11.1 Å². The third-order valence-electron chi connectivity index (χ3n) is 2.94. The minimum absolute atomic E-state index is 0.0723. The second-order valence-electron chi connectivity index (χ2n) is 4.07. The summed E-state index contributed by atoms with van der Waals surface area (Å²) < 4.78 is 5.03. The first-order valence-corrected chi connectivity index (χ1v) is 5.75. The number of anilines is 1. The monoisotopic (exact) mass is 256 g/mol. The molecule has 0 spiro atoms. The Bertz CT molecular complexity index is 757. The SMILES string of the molecule is CNC(=O)c1[nH]c2ccccc2c1-c1coc(N)n1. The van der Waals surface area contributed by atoms with Crippen LogP contribution in [-0.2, 0) is 0 Å². The smallest absolute Gasteiger partial charge is 0.292 e. The standard InChI is InChI=1S/C13H12N4O2/c1-15-12(18)11-10(9-6-19-13(14)17-9)7-4-2-3-5-8(7)16-11/h2-6,16H,1H3,(H2,14,17)(H,15,18). The molecule has 3 rings (SSSR count). The van der Waals surface area contributed by atoms with Gasteiger partial charge in [-0.3, -0.25) is 4.79 Å². The summed E-state index contributed by atoms with van der Waals surface area (Å²) in [6.45, 7) is 0. The molecule has 3 aromatic rings. The maximum atomic E-state index is 12.0. The molecule has 4 N–H and O–H groups in total. The molecule has 2 aromatic heterocycles. The summed E-state index contributed by atoms with van der Waals surface area (Å²) in [6, 6.07) is 7.68. The van der Waals surface area contributed by atoms with E-state index in [1.807, 2.05) is 24.3 Å². The van der Waals surface area contributed by atoms with Crippen molar-refractivity contribution in [2.75, 3.05) is 12.8 Å². The molecule has 1 amide bonds. The van der Waals surface area contributed by atoms with E-state index in [2.05, 4.69) is 15.3 Å². The van der Waals surface area contributed by atoms with Crippen LogP contribution in [0.15, 0.2) is 34.9 Å². The van der Waals surface area contributed by atoms with Crippen LogP contribution in [0.1, 0.15) is 10.5 Å². The molecule has 2 heterocycles. The van der Waals surface area contributed by atoms with Crippen LogP contribution in [-0.4, -0.2) is 22.9 Å². The average molecular weight is 256 g/mol. The molecule has 0 bridgehead atoms. The van der Waals surface area contributed by atoms with Crippen molar-refractivity contribution in [3.8, 4) is 11.3 Å². The molecule has 6 heteroatoms. The lowest BCUT2D eigenvalue weighted by atomic mass is 10.1. The molecule has 0 aliphatic carbocycles. The molecule has 19 heavy (non-hydrogen) atoms. The maximum absolute atomic E-state index is 12.0. The van der Waals surface area contributed by atoms with Gasteiger partial charge in [0.15, 0.2) is 0 Å². The number of fused-ring (bicyclic) bond motifs is 1. The number of amides is 1. The number of nitrogen functional groups attached to an aromatic ring is 1. The van der Waals surface area contributed by atoms with Crippen LogP contribution in [0.25, 0.3) is 22.2 Å². The Labute approximate surface area is 108 Å². The summed E-state index contributed by atoms with van der Waals surface area (Å²) in [5, 5.41) is 3.50. The number of oxazole rings is 1. The Morgan fingerprint density at radius 1 is 1.42 bits per heavy atom. The molecule has 0 atom stereocenters. The molecule has 6 nitrogen and oxygen atoms in total. The fourth-order valence-electron chi connectivity index (χ4n) is 2.11. The molecule has 0 aliphatic heterocycles. The summed E-state index contributed by atoms with van der Waals surface area (Å²) in [5.41, 5.74) is 8.03. The number of hydrogen-bond acceptors (Lipinski definition) is 4. The van der Waals surface area contributed by atoms with Gasteiger partial charge in [-0.25, -0.2) is 0 Å². The number of aromatic nitrogens is 2. The van der Waals surface area contributed by atoms with Crippen LogP contribution in [0.2, 0.25) is 0 Å². The highest BCUT2D eigenvalue weighted by atomic mass is 16.4. The van der Waals surface area contributed by atoms with Gasteiger partial charge in [-0.05, 0) is 6.07 Å². The second-order valence-corrected chi connectivity index (χ2v) is 4.07. The van der Waals surface area contributed by atoms with Gasteiger partial charge < -0.3 is 20.5 Å². The normalized spacial score (nSPS) is 10.8. The number of rotatable bonds is 2. The number of para-hydroxylation sites is 1. The highest BCUT2D eigenvalue weighted by Gasteiger charge is 2.20. The van der Waals surface area contributed by atoms with Crippen molar-refractivity contribution in [2.45, 2.75) is 0 Å². The van der Waals surface area contributed by atoms with Crippen molar-refractivity contribution < 1.29 is 9.21 Å². The summed E-state index contributed by atoms with van der Waals surface area (Å²) in [6.07, 6.45) is 1.44. The van der Waals surface area contributed by atoms with Gasteiger partial charge in [0.25, 0.3) is 11.9 Å². The van der Waals surface area contributed by atoms with Gasteiger partial charge >= 0.3 is 0 Å². The number of nitrogens with one attached hydrogen (secondary N) is 2. The summed E-state index contributed by atoms with van der Waals surface area (Å²) >= 11 is 0. The molecule has 0 aliphatic rings. The zero-order chi connectivity index (χ0) is 13.4. The number of H-pyrrole nitrogens is 1. The number of benzene rings is 1. The largest absolute Gasteiger partial charge is 0.432 e. The van der Waals surface area contributed by atoms with Crippen LogP contribution >= 0.6 is 0 Å². The minimum atomic E-state index is -0.215. The van der Waals surface area contributed by atoms with Gasteiger partial charge in [0.1, 0.15) is 17.7 Å². The summed E-state index contributed by atoms with van der Waals surface area (Å²) in [4.78, 5) is 19.1. The highest BCUT2D eigenvalue weighted by molar-refractivity contribution is 6.09.